The molecule has 0 amide bonds. The third kappa shape index (κ3) is 6.69. The third-order valence-corrected chi connectivity index (χ3v) is 6.07. The van der Waals surface area contributed by atoms with E-state index in [0.29, 0.717) is 22.2 Å². The summed E-state index contributed by atoms with van der Waals surface area (Å²) in [5.41, 5.74) is 0.676. The second-order valence-electron chi connectivity index (χ2n) is 6.71. The summed E-state index contributed by atoms with van der Waals surface area (Å²) in [5, 5.41) is 15.1. The minimum atomic E-state index is -0.408. The van der Waals surface area contributed by atoms with Gasteiger partial charge in [0, 0.05) is 10.7 Å². The number of anilines is 1. The number of furan rings is 1. The summed E-state index contributed by atoms with van der Waals surface area (Å²) in [6, 6.07) is 9.48. The Morgan fingerprint density at radius 1 is 1.37 bits per heavy atom. The zero-order chi connectivity index (χ0) is 21.5. The highest BCUT2D eigenvalue weighted by Crippen LogP contribution is 2.30. The van der Waals surface area contributed by atoms with Crippen LogP contribution in [-0.4, -0.2) is 53.6 Å². The molecule has 0 aliphatic heterocycles. The van der Waals surface area contributed by atoms with Gasteiger partial charge < -0.3 is 14.6 Å². The molecule has 0 saturated heterocycles. The quantitative estimate of drug-likeness (QED) is 0.153. The first kappa shape index (κ1) is 22.5. The van der Waals surface area contributed by atoms with Gasteiger partial charge in [-0.25, -0.2) is 4.98 Å². The number of aromatic nitrogens is 1. The number of thioether (sulfide) groups is 1. The maximum atomic E-state index is 11.0. The van der Waals surface area contributed by atoms with Gasteiger partial charge in [0.1, 0.15) is 17.0 Å². The fourth-order valence-electron chi connectivity index (χ4n) is 2.66. The first-order chi connectivity index (χ1) is 14.4. The van der Waals surface area contributed by atoms with Crippen molar-refractivity contribution in [2.24, 2.45) is 4.99 Å². The van der Waals surface area contributed by atoms with Crippen molar-refractivity contribution < 1.29 is 9.34 Å². The topological polar surface area (TPSA) is 96.8 Å². The molecule has 1 aromatic carbocycles. The van der Waals surface area contributed by atoms with Gasteiger partial charge in [-0.3, -0.25) is 15.1 Å². The van der Waals surface area contributed by atoms with E-state index in [1.54, 1.807) is 17.8 Å². The molecule has 0 bridgehead atoms. The van der Waals surface area contributed by atoms with E-state index in [4.69, 9.17) is 16.0 Å². The van der Waals surface area contributed by atoms with Gasteiger partial charge in [-0.05, 0) is 38.4 Å². The predicted molar refractivity (Wildman–Crippen MR) is 125 cm³/mol. The van der Waals surface area contributed by atoms with Crippen LogP contribution in [0, 0.1) is 10.1 Å². The molecule has 0 saturated carbocycles. The van der Waals surface area contributed by atoms with Crippen molar-refractivity contribution >= 4 is 55.9 Å². The fourth-order valence-corrected chi connectivity index (χ4v) is 4.56. The number of halogens is 1. The number of nitro groups is 1. The maximum Gasteiger partial charge on any atom is 0.260 e. The van der Waals surface area contributed by atoms with E-state index in [2.05, 4.69) is 15.3 Å². The van der Waals surface area contributed by atoms with Crippen LogP contribution in [0.25, 0.3) is 10.2 Å². The molecule has 30 heavy (non-hydrogen) atoms. The van der Waals surface area contributed by atoms with Crippen LogP contribution < -0.4 is 5.32 Å². The molecular formula is C19H22ClN5O3S2. The average molecular weight is 468 g/mol. The van der Waals surface area contributed by atoms with Crippen molar-refractivity contribution in [2.45, 2.75) is 12.3 Å². The number of fused-ring (bicyclic) bond motifs is 1. The first-order valence-corrected chi connectivity index (χ1v) is 11.5. The van der Waals surface area contributed by atoms with Gasteiger partial charge >= 0.3 is 0 Å². The average Bonchev–Trinajstić information content (AvgIpc) is 3.27. The molecule has 11 heteroatoms. The lowest BCUT2D eigenvalue weighted by Crippen LogP contribution is -2.23. The van der Waals surface area contributed by atoms with Crippen molar-refractivity contribution in [3.8, 4) is 0 Å². The molecule has 0 fully saturated rings. The molecule has 8 nitrogen and oxygen atoms in total. The predicted octanol–water partition coefficient (Wildman–Crippen LogP) is 4.62. The number of hydrogen-bond donors (Lipinski definition) is 1. The normalized spacial score (nSPS) is 12.1. The molecule has 0 aliphatic carbocycles. The highest BCUT2D eigenvalue weighted by molar-refractivity contribution is 7.98. The molecule has 3 rings (SSSR count). The van der Waals surface area contributed by atoms with Gasteiger partial charge in [0.2, 0.25) is 0 Å². The monoisotopic (exact) mass is 467 g/mol. The zero-order valence-electron chi connectivity index (χ0n) is 16.6. The Balaban J connectivity index is 1.53. The van der Waals surface area contributed by atoms with Crippen LogP contribution >= 0.6 is 34.7 Å². The lowest BCUT2D eigenvalue weighted by Gasteiger charge is -2.05. The molecule has 0 spiro atoms. The standard InChI is InChI=1S/C19H22ClN5O3S2/c1-24(2)10-13-6-7-14(28-13)12-29-9-8-21-17(11-25(26)27)22-19-23-18-15(20)4-3-5-16(18)30-19/h3-7H,8-12H2,1-2H3,(H,21,22,23). The van der Waals surface area contributed by atoms with Crippen molar-refractivity contribution in [1.29, 1.82) is 0 Å². The van der Waals surface area contributed by atoms with Crippen LogP contribution in [0.2, 0.25) is 5.02 Å². The number of rotatable bonds is 10. The molecule has 0 unspecified atom stereocenters. The summed E-state index contributed by atoms with van der Waals surface area (Å²) in [7, 11) is 3.99. The number of para-hydroxylation sites is 1. The highest BCUT2D eigenvalue weighted by Gasteiger charge is 2.12. The first-order valence-electron chi connectivity index (χ1n) is 9.18. The minimum Gasteiger partial charge on any atom is -0.464 e. The van der Waals surface area contributed by atoms with Crippen LogP contribution in [0.15, 0.2) is 39.7 Å². The number of aliphatic imine (C=N–C) groups is 1. The lowest BCUT2D eigenvalue weighted by molar-refractivity contribution is -0.463. The van der Waals surface area contributed by atoms with E-state index in [-0.39, 0.29) is 12.4 Å². The van der Waals surface area contributed by atoms with E-state index >= 15 is 0 Å². The van der Waals surface area contributed by atoms with Crippen LogP contribution in [0.3, 0.4) is 0 Å². The molecule has 1 N–H and O–H groups in total. The molecule has 0 radical (unpaired) electrons. The lowest BCUT2D eigenvalue weighted by atomic mass is 10.3. The molecule has 3 aromatic rings. The summed E-state index contributed by atoms with van der Waals surface area (Å²) in [6.07, 6.45) is 0. The van der Waals surface area contributed by atoms with Crippen molar-refractivity contribution in [3.05, 3.63) is 57.0 Å². The fraction of sp³-hybridized carbons (Fsp3) is 0.368. The van der Waals surface area contributed by atoms with Crippen molar-refractivity contribution in [3.63, 3.8) is 0 Å². The molecular weight excluding hydrogens is 446 g/mol. The Morgan fingerprint density at radius 2 is 2.17 bits per heavy atom. The van der Waals surface area contributed by atoms with Gasteiger partial charge in [0.25, 0.3) is 6.54 Å². The van der Waals surface area contributed by atoms with Crippen molar-refractivity contribution in [1.82, 2.24) is 9.88 Å². The molecule has 2 heterocycles. The Kier molecular flexibility index (Phi) is 8.08. The maximum absolute atomic E-state index is 11.0. The zero-order valence-corrected chi connectivity index (χ0v) is 19.0. The summed E-state index contributed by atoms with van der Waals surface area (Å²) in [6.45, 7) is 0.833. The molecule has 0 aliphatic rings. The smallest absolute Gasteiger partial charge is 0.260 e. The van der Waals surface area contributed by atoms with Crippen molar-refractivity contribution in [2.75, 3.05) is 38.3 Å². The summed E-state index contributed by atoms with van der Waals surface area (Å²) >= 11 is 9.20. The van der Waals surface area contributed by atoms with E-state index in [0.717, 1.165) is 34.3 Å². The Bertz CT molecular complexity index is 1030. The third-order valence-electron chi connectivity index (χ3n) is 3.87. The van der Waals surface area contributed by atoms with Gasteiger partial charge in [0.15, 0.2) is 11.0 Å². The number of thiazole rings is 1. The second kappa shape index (κ2) is 10.8. The van der Waals surface area contributed by atoms with Gasteiger partial charge in [-0.15, -0.1) is 0 Å². The number of amidine groups is 1. The van der Waals surface area contributed by atoms with Gasteiger partial charge in [0.05, 0.1) is 28.6 Å². The van der Waals surface area contributed by atoms with Crippen LogP contribution in [0.5, 0.6) is 0 Å². The Labute approximate surface area is 187 Å². The van der Waals surface area contributed by atoms with E-state index < -0.39 is 4.92 Å². The highest BCUT2D eigenvalue weighted by atomic mass is 35.5. The number of hydrogen-bond acceptors (Lipinski definition) is 8. The van der Waals surface area contributed by atoms with E-state index in [9.17, 15) is 10.1 Å². The second-order valence-corrected chi connectivity index (χ2v) is 9.25. The SMILES string of the molecule is CN(C)Cc1ccc(CSCCN=C(C[N+](=O)[O-])Nc2nc3c(Cl)cccc3s2)o1. The Morgan fingerprint density at radius 3 is 2.90 bits per heavy atom. The molecule has 160 valence electrons. The van der Waals surface area contributed by atoms with E-state index in [1.807, 2.05) is 43.3 Å². The summed E-state index contributed by atoms with van der Waals surface area (Å²) < 4.78 is 6.68. The largest absolute Gasteiger partial charge is 0.464 e. The molecule has 0 atom stereocenters. The van der Waals surface area contributed by atoms with Crippen LogP contribution in [0.1, 0.15) is 11.5 Å². The van der Waals surface area contributed by atoms with E-state index in [1.165, 1.54) is 11.3 Å². The van der Waals surface area contributed by atoms with Crippen LogP contribution in [-0.2, 0) is 12.3 Å². The van der Waals surface area contributed by atoms with Crippen LogP contribution in [0.4, 0.5) is 5.13 Å². The summed E-state index contributed by atoms with van der Waals surface area (Å²) in [5.74, 6) is 3.58. The number of nitrogens with zero attached hydrogens (tertiary/aromatic N) is 4. The van der Waals surface area contributed by atoms with Gasteiger partial charge in [-0.2, -0.15) is 11.8 Å². The summed E-state index contributed by atoms with van der Waals surface area (Å²) in [4.78, 5) is 21.4. The molecule has 2 aromatic heterocycles. The number of nitrogens with one attached hydrogen (secondary N) is 1. The van der Waals surface area contributed by atoms with Gasteiger partial charge in [-0.1, -0.05) is 29.0 Å². The minimum absolute atomic E-state index is 0.280. The number of benzene rings is 1. The Hall–Kier alpha value is -2.14.